The molecule has 140 valence electrons. The minimum atomic E-state index is -0.477. The topological polar surface area (TPSA) is 61.5 Å². The van der Waals surface area contributed by atoms with Crippen molar-refractivity contribution >= 4 is 16.9 Å². The van der Waals surface area contributed by atoms with Crippen molar-refractivity contribution in [1.82, 2.24) is 19.8 Å². The van der Waals surface area contributed by atoms with E-state index in [9.17, 15) is 4.79 Å². The molecule has 2 heterocycles. The summed E-state index contributed by atoms with van der Waals surface area (Å²) >= 11 is 0. The molecule has 0 unspecified atom stereocenters. The highest BCUT2D eigenvalue weighted by Gasteiger charge is 2.26. The lowest BCUT2D eigenvalue weighted by atomic mass is 10.2. The number of H-pyrrole nitrogens is 1. The molecule has 0 bridgehead atoms. The molecule has 1 aromatic heterocycles. The second-order valence-corrected chi connectivity index (χ2v) is 6.88. The van der Waals surface area contributed by atoms with E-state index in [2.05, 4.69) is 14.9 Å². The smallest absolute Gasteiger partial charge is 0.263 e. The first-order chi connectivity index (χ1) is 13.2. The van der Waals surface area contributed by atoms with Gasteiger partial charge in [-0.1, -0.05) is 30.3 Å². The number of carbonyl (C=O) groups excluding carboxylic acids is 1. The number of piperazine rings is 1. The average molecular weight is 364 g/mol. The van der Waals surface area contributed by atoms with Crippen LogP contribution >= 0.6 is 0 Å². The number of hydrogen-bond donors (Lipinski definition) is 1. The highest BCUT2D eigenvalue weighted by Crippen LogP contribution is 2.15. The van der Waals surface area contributed by atoms with E-state index in [0.717, 1.165) is 42.2 Å². The van der Waals surface area contributed by atoms with E-state index in [4.69, 9.17) is 4.74 Å². The number of aromatic nitrogens is 2. The van der Waals surface area contributed by atoms with Crippen LogP contribution in [-0.2, 0) is 11.3 Å². The van der Waals surface area contributed by atoms with Crippen molar-refractivity contribution in [2.24, 2.45) is 0 Å². The number of carbonyl (C=O) groups is 1. The molecule has 2 aromatic carbocycles. The van der Waals surface area contributed by atoms with E-state index in [-0.39, 0.29) is 5.91 Å². The molecule has 1 atom stereocenters. The fourth-order valence-electron chi connectivity index (χ4n) is 3.43. The Balaban J connectivity index is 1.29. The van der Waals surface area contributed by atoms with Gasteiger partial charge < -0.3 is 14.6 Å². The predicted molar refractivity (Wildman–Crippen MR) is 104 cm³/mol. The number of benzene rings is 2. The fourth-order valence-corrected chi connectivity index (χ4v) is 3.43. The molecule has 0 spiro atoms. The lowest BCUT2D eigenvalue weighted by molar-refractivity contribution is -0.139. The first-order valence-corrected chi connectivity index (χ1v) is 9.35. The lowest BCUT2D eigenvalue weighted by Crippen LogP contribution is -2.51. The highest BCUT2D eigenvalue weighted by atomic mass is 16.5. The summed E-state index contributed by atoms with van der Waals surface area (Å²) in [6.45, 7) is 5.67. The monoisotopic (exact) mass is 364 g/mol. The molecule has 1 N–H and O–H groups in total. The molecule has 1 aliphatic rings. The van der Waals surface area contributed by atoms with Crippen molar-refractivity contribution in [3.05, 3.63) is 60.4 Å². The van der Waals surface area contributed by atoms with Crippen LogP contribution in [0.15, 0.2) is 54.6 Å². The van der Waals surface area contributed by atoms with Gasteiger partial charge in [0.2, 0.25) is 0 Å². The number of aromatic amines is 1. The first kappa shape index (κ1) is 17.5. The van der Waals surface area contributed by atoms with E-state index in [1.165, 1.54) is 0 Å². The summed E-state index contributed by atoms with van der Waals surface area (Å²) in [6, 6.07) is 17.5. The maximum Gasteiger partial charge on any atom is 0.263 e. The quantitative estimate of drug-likeness (QED) is 0.756. The van der Waals surface area contributed by atoms with Gasteiger partial charge in [0.05, 0.1) is 17.6 Å². The van der Waals surface area contributed by atoms with Gasteiger partial charge >= 0.3 is 0 Å². The van der Waals surface area contributed by atoms with Gasteiger partial charge in [0.25, 0.3) is 5.91 Å². The van der Waals surface area contributed by atoms with Crippen LogP contribution < -0.4 is 4.74 Å². The van der Waals surface area contributed by atoms with Gasteiger partial charge in [-0.15, -0.1) is 0 Å². The Morgan fingerprint density at radius 2 is 1.78 bits per heavy atom. The van der Waals surface area contributed by atoms with Crippen LogP contribution in [0.1, 0.15) is 12.7 Å². The molecular weight excluding hydrogens is 340 g/mol. The van der Waals surface area contributed by atoms with Crippen molar-refractivity contribution in [3.63, 3.8) is 0 Å². The third-order valence-corrected chi connectivity index (χ3v) is 4.90. The molecule has 1 saturated heterocycles. The van der Waals surface area contributed by atoms with E-state index in [1.807, 2.05) is 66.4 Å². The maximum absolute atomic E-state index is 12.6. The van der Waals surface area contributed by atoms with Crippen LogP contribution in [0, 0.1) is 0 Å². The zero-order chi connectivity index (χ0) is 18.6. The Morgan fingerprint density at radius 3 is 2.52 bits per heavy atom. The minimum Gasteiger partial charge on any atom is -0.481 e. The Morgan fingerprint density at radius 1 is 1.07 bits per heavy atom. The summed E-state index contributed by atoms with van der Waals surface area (Å²) in [6.07, 6.45) is -0.477. The van der Waals surface area contributed by atoms with E-state index in [1.54, 1.807) is 0 Å². The van der Waals surface area contributed by atoms with Crippen molar-refractivity contribution < 1.29 is 9.53 Å². The van der Waals surface area contributed by atoms with E-state index >= 15 is 0 Å². The molecule has 0 aliphatic carbocycles. The molecule has 27 heavy (non-hydrogen) atoms. The van der Waals surface area contributed by atoms with Crippen LogP contribution in [0.25, 0.3) is 11.0 Å². The maximum atomic E-state index is 12.6. The Bertz CT molecular complexity index is 868. The zero-order valence-electron chi connectivity index (χ0n) is 15.5. The average Bonchev–Trinajstić information content (AvgIpc) is 3.11. The van der Waals surface area contributed by atoms with Crippen LogP contribution in [0.2, 0.25) is 0 Å². The summed E-state index contributed by atoms with van der Waals surface area (Å²) in [5.74, 6) is 1.74. The summed E-state index contributed by atoms with van der Waals surface area (Å²) in [5, 5.41) is 0. The normalized spacial score (nSPS) is 16.4. The third-order valence-electron chi connectivity index (χ3n) is 4.90. The van der Waals surface area contributed by atoms with Crippen LogP contribution in [0.4, 0.5) is 0 Å². The number of rotatable bonds is 5. The molecule has 0 saturated carbocycles. The molecule has 6 heteroatoms. The minimum absolute atomic E-state index is 0.0437. The van der Waals surface area contributed by atoms with Crippen LogP contribution in [0.3, 0.4) is 0 Å². The molecule has 4 rings (SSSR count). The van der Waals surface area contributed by atoms with Gasteiger partial charge in [-0.2, -0.15) is 0 Å². The van der Waals surface area contributed by atoms with E-state index < -0.39 is 6.10 Å². The van der Waals surface area contributed by atoms with Crippen molar-refractivity contribution in [3.8, 4) is 5.75 Å². The van der Waals surface area contributed by atoms with Crippen LogP contribution in [-0.4, -0.2) is 58.0 Å². The second-order valence-electron chi connectivity index (χ2n) is 6.88. The number of imidazole rings is 1. The van der Waals surface area contributed by atoms with Crippen molar-refractivity contribution in [2.75, 3.05) is 26.2 Å². The summed E-state index contributed by atoms with van der Waals surface area (Å²) in [5.41, 5.74) is 2.06. The van der Waals surface area contributed by atoms with Crippen molar-refractivity contribution in [1.29, 1.82) is 0 Å². The molecule has 1 fully saturated rings. The van der Waals surface area contributed by atoms with Gasteiger partial charge in [-0.25, -0.2) is 4.98 Å². The second kappa shape index (κ2) is 7.80. The molecule has 3 aromatic rings. The molecule has 0 radical (unpaired) electrons. The SMILES string of the molecule is C[C@H](Oc1ccccc1)C(=O)N1CCN(Cc2nc3ccccc3[nH]2)CC1. The lowest BCUT2D eigenvalue weighted by Gasteiger charge is -2.35. The first-order valence-electron chi connectivity index (χ1n) is 9.35. The summed E-state index contributed by atoms with van der Waals surface area (Å²) in [7, 11) is 0. The Labute approximate surface area is 158 Å². The standard InChI is InChI=1S/C21H24N4O2/c1-16(27-17-7-3-2-4-8-17)21(26)25-13-11-24(12-14-25)15-20-22-18-9-5-6-10-19(18)23-20/h2-10,16H,11-15H2,1H3,(H,22,23)/t16-/m0/s1. The van der Waals surface area contributed by atoms with Gasteiger partial charge in [0, 0.05) is 26.2 Å². The zero-order valence-corrected chi connectivity index (χ0v) is 15.5. The van der Waals surface area contributed by atoms with Gasteiger partial charge in [0.1, 0.15) is 11.6 Å². The summed E-state index contributed by atoms with van der Waals surface area (Å²) in [4.78, 5) is 24.9. The molecule has 1 amide bonds. The number of fused-ring (bicyclic) bond motifs is 1. The number of hydrogen-bond acceptors (Lipinski definition) is 4. The van der Waals surface area contributed by atoms with Gasteiger partial charge in [-0.05, 0) is 31.2 Å². The Hall–Kier alpha value is -2.86. The summed E-state index contributed by atoms with van der Waals surface area (Å²) < 4.78 is 5.77. The van der Waals surface area contributed by atoms with Crippen molar-refractivity contribution in [2.45, 2.75) is 19.6 Å². The molecule has 6 nitrogen and oxygen atoms in total. The Kier molecular flexibility index (Phi) is 5.07. The fraction of sp³-hybridized carbons (Fsp3) is 0.333. The van der Waals surface area contributed by atoms with Crippen LogP contribution in [0.5, 0.6) is 5.75 Å². The molecule has 1 aliphatic heterocycles. The van der Waals surface area contributed by atoms with Gasteiger partial charge in [-0.3, -0.25) is 9.69 Å². The highest BCUT2D eigenvalue weighted by molar-refractivity contribution is 5.81. The molecular formula is C21H24N4O2. The largest absolute Gasteiger partial charge is 0.481 e. The number of amides is 1. The van der Waals surface area contributed by atoms with E-state index in [0.29, 0.717) is 13.1 Å². The number of nitrogens with one attached hydrogen (secondary N) is 1. The number of para-hydroxylation sites is 3. The third kappa shape index (κ3) is 4.11. The number of nitrogens with zero attached hydrogens (tertiary/aromatic N) is 3. The van der Waals surface area contributed by atoms with Gasteiger partial charge in [0.15, 0.2) is 6.10 Å². The number of ether oxygens (including phenoxy) is 1. The predicted octanol–water partition coefficient (Wildman–Crippen LogP) is 2.67.